The van der Waals surface area contributed by atoms with Crippen molar-refractivity contribution in [2.75, 3.05) is 0 Å². The molecule has 1 aliphatic carbocycles. The average molecular weight is 220 g/mol. The molecule has 0 aliphatic heterocycles. The lowest BCUT2D eigenvalue weighted by atomic mass is 9.62. The van der Waals surface area contributed by atoms with Gasteiger partial charge in [0.15, 0.2) is 0 Å². The zero-order valence-corrected chi connectivity index (χ0v) is 10.1. The molecule has 0 amide bonds. The molecule has 0 atom stereocenters. The van der Waals surface area contributed by atoms with Crippen molar-refractivity contribution in [2.24, 2.45) is 0 Å². The van der Waals surface area contributed by atoms with Crippen LogP contribution < -0.4 is 0 Å². The van der Waals surface area contributed by atoms with E-state index in [2.05, 4.69) is 10.2 Å². The van der Waals surface area contributed by atoms with Crippen molar-refractivity contribution in [3.05, 3.63) is 10.0 Å². The molecule has 0 aromatic carbocycles. The van der Waals surface area contributed by atoms with Crippen LogP contribution in [0.2, 0.25) is 0 Å². The maximum Gasteiger partial charge on any atom is 0.114 e. The summed E-state index contributed by atoms with van der Waals surface area (Å²) in [6.07, 6.45) is 8.60. The van der Waals surface area contributed by atoms with E-state index in [0.717, 1.165) is 22.9 Å². The van der Waals surface area contributed by atoms with Crippen LogP contribution in [-0.4, -0.2) is 18.0 Å². The first-order chi connectivity index (χ1) is 7.21. The van der Waals surface area contributed by atoms with Gasteiger partial charge in [0.1, 0.15) is 10.0 Å². The minimum absolute atomic E-state index is 0.188. The molecule has 80 valence electrons. The van der Waals surface area contributed by atoms with Gasteiger partial charge >= 0.3 is 0 Å². The maximum atomic E-state index is 6.47. The van der Waals surface area contributed by atoms with Crippen LogP contribution in [0.4, 0.5) is 0 Å². The maximum absolute atomic E-state index is 6.47. The number of hydrogen-bond acceptors (Lipinski definition) is 3. The Morgan fingerprint density at radius 3 is 2.20 bits per heavy atom. The van der Waals surface area contributed by atoms with Gasteiger partial charge in [-0.25, -0.2) is 0 Å². The molecular weight excluding hydrogens is 203 g/mol. The van der Waals surface area contributed by atoms with E-state index in [4.69, 9.17) is 7.85 Å². The summed E-state index contributed by atoms with van der Waals surface area (Å²) >= 11 is 1.66. The fourth-order valence-corrected chi connectivity index (χ4v) is 3.10. The van der Waals surface area contributed by atoms with Gasteiger partial charge in [-0.15, -0.1) is 21.5 Å². The molecule has 1 aromatic rings. The first-order valence-electron chi connectivity index (χ1n) is 5.80. The van der Waals surface area contributed by atoms with Gasteiger partial charge in [0.2, 0.25) is 0 Å². The Morgan fingerprint density at radius 2 is 1.67 bits per heavy atom. The second kappa shape index (κ2) is 4.64. The number of aryl methyl sites for hydroxylation is 1. The molecule has 1 aromatic heterocycles. The van der Waals surface area contributed by atoms with Gasteiger partial charge in [-0.1, -0.05) is 32.1 Å². The van der Waals surface area contributed by atoms with Crippen LogP contribution in [0.3, 0.4) is 0 Å². The molecule has 0 spiro atoms. The van der Waals surface area contributed by atoms with Crippen molar-refractivity contribution in [1.82, 2.24) is 10.2 Å². The molecule has 1 fully saturated rings. The van der Waals surface area contributed by atoms with Crippen LogP contribution in [0.1, 0.15) is 55.0 Å². The molecule has 15 heavy (non-hydrogen) atoms. The van der Waals surface area contributed by atoms with Crippen LogP contribution in [0.5, 0.6) is 0 Å². The van der Waals surface area contributed by atoms with Gasteiger partial charge in [-0.3, -0.25) is 0 Å². The minimum atomic E-state index is -0.188. The van der Waals surface area contributed by atoms with Gasteiger partial charge in [0.05, 0.1) is 7.85 Å². The molecular formula is C11H17BN2S. The fraction of sp³-hybridized carbons (Fsp3) is 0.818. The van der Waals surface area contributed by atoms with E-state index in [1.54, 1.807) is 11.3 Å². The van der Waals surface area contributed by atoms with Crippen molar-refractivity contribution >= 4 is 19.2 Å². The normalized spacial score (nSPS) is 21.9. The second-order valence-corrected chi connectivity index (χ2v) is 5.73. The Balaban J connectivity index is 2.15. The molecule has 2 rings (SSSR count). The van der Waals surface area contributed by atoms with Gasteiger partial charge in [0, 0.05) is 0 Å². The fourth-order valence-electron chi connectivity index (χ4n) is 2.25. The van der Waals surface area contributed by atoms with E-state index >= 15 is 0 Å². The van der Waals surface area contributed by atoms with Crippen molar-refractivity contribution in [3.63, 3.8) is 0 Å². The van der Waals surface area contributed by atoms with Crippen molar-refractivity contribution in [3.8, 4) is 0 Å². The van der Waals surface area contributed by atoms with Gasteiger partial charge in [-0.2, -0.15) is 0 Å². The third kappa shape index (κ3) is 2.60. The predicted molar refractivity (Wildman–Crippen MR) is 64.4 cm³/mol. The van der Waals surface area contributed by atoms with Crippen LogP contribution in [0.25, 0.3) is 0 Å². The molecule has 1 heterocycles. The molecule has 4 heteroatoms. The smallest absolute Gasteiger partial charge is 0.114 e. The topological polar surface area (TPSA) is 25.8 Å². The Kier molecular flexibility index (Phi) is 3.44. The molecule has 0 saturated heterocycles. The lowest BCUT2D eigenvalue weighted by Crippen LogP contribution is -2.27. The van der Waals surface area contributed by atoms with Crippen molar-refractivity contribution < 1.29 is 0 Å². The molecule has 0 unspecified atom stereocenters. The predicted octanol–water partition coefficient (Wildman–Crippen LogP) is 2.95. The third-order valence-corrected chi connectivity index (χ3v) is 4.26. The van der Waals surface area contributed by atoms with Crippen LogP contribution in [-0.2, 0) is 5.31 Å². The van der Waals surface area contributed by atoms with E-state index in [-0.39, 0.29) is 5.31 Å². The van der Waals surface area contributed by atoms with E-state index in [0.29, 0.717) is 0 Å². The molecule has 2 radical (unpaired) electrons. The summed E-state index contributed by atoms with van der Waals surface area (Å²) in [7, 11) is 6.47. The highest BCUT2D eigenvalue weighted by molar-refractivity contribution is 7.11. The monoisotopic (exact) mass is 220 g/mol. The van der Waals surface area contributed by atoms with Gasteiger partial charge < -0.3 is 0 Å². The molecule has 0 bridgehead atoms. The van der Waals surface area contributed by atoms with E-state index in [1.165, 1.54) is 32.1 Å². The van der Waals surface area contributed by atoms with Crippen molar-refractivity contribution in [1.29, 1.82) is 0 Å². The average Bonchev–Trinajstić information content (AvgIpc) is 2.59. The highest BCUT2D eigenvalue weighted by atomic mass is 32.1. The summed E-state index contributed by atoms with van der Waals surface area (Å²) in [5.41, 5.74) is 0. The SMILES string of the molecule is [B]C1(c2nnc(C)s2)CCCCCCC1. The summed E-state index contributed by atoms with van der Waals surface area (Å²) in [5, 5.41) is 10.2. The Bertz CT molecular complexity index is 316. The summed E-state index contributed by atoms with van der Waals surface area (Å²) in [6.45, 7) is 1.99. The van der Waals surface area contributed by atoms with E-state index in [1.807, 2.05) is 6.92 Å². The van der Waals surface area contributed by atoms with E-state index < -0.39 is 0 Å². The zero-order valence-electron chi connectivity index (χ0n) is 9.33. The Morgan fingerprint density at radius 1 is 1.07 bits per heavy atom. The summed E-state index contributed by atoms with van der Waals surface area (Å²) in [5.74, 6) is 0. The van der Waals surface area contributed by atoms with Gasteiger partial charge in [-0.05, 0) is 25.1 Å². The van der Waals surface area contributed by atoms with Gasteiger partial charge in [0.25, 0.3) is 0 Å². The van der Waals surface area contributed by atoms with Crippen LogP contribution >= 0.6 is 11.3 Å². The molecule has 1 aliphatic rings. The number of aromatic nitrogens is 2. The largest absolute Gasteiger partial charge is 0.144 e. The lowest BCUT2D eigenvalue weighted by molar-refractivity contribution is 0.413. The number of nitrogens with zero attached hydrogens (tertiary/aromatic N) is 2. The Hall–Kier alpha value is -0.375. The first kappa shape index (κ1) is 11.1. The lowest BCUT2D eigenvalue weighted by Gasteiger charge is -2.29. The summed E-state index contributed by atoms with van der Waals surface area (Å²) in [4.78, 5) is 0. The summed E-state index contributed by atoms with van der Waals surface area (Å²) in [6, 6.07) is 0. The van der Waals surface area contributed by atoms with Crippen molar-refractivity contribution in [2.45, 2.75) is 57.2 Å². The summed E-state index contributed by atoms with van der Waals surface area (Å²) < 4.78 is 0. The zero-order chi connectivity index (χ0) is 10.7. The first-order valence-corrected chi connectivity index (χ1v) is 6.62. The second-order valence-electron chi connectivity index (χ2n) is 4.55. The molecule has 0 N–H and O–H groups in total. The quantitative estimate of drug-likeness (QED) is 0.680. The molecule has 2 nitrogen and oxygen atoms in total. The third-order valence-electron chi connectivity index (χ3n) is 3.20. The minimum Gasteiger partial charge on any atom is -0.144 e. The highest BCUT2D eigenvalue weighted by Gasteiger charge is 2.29. The standard InChI is InChI=1S/C11H17BN2S/c1-9-13-14-10(15-9)11(12)7-5-3-2-4-6-8-11/h2-8H2,1H3. The van der Waals surface area contributed by atoms with Crippen LogP contribution in [0, 0.1) is 6.92 Å². The molecule has 1 saturated carbocycles. The highest BCUT2D eigenvalue weighted by Crippen LogP contribution is 2.35. The Labute approximate surface area is 96.9 Å². The number of rotatable bonds is 1. The van der Waals surface area contributed by atoms with E-state index in [9.17, 15) is 0 Å². The van der Waals surface area contributed by atoms with Crippen LogP contribution in [0.15, 0.2) is 0 Å². The number of hydrogen-bond donors (Lipinski definition) is 0.